The van der Waals surface area contributed by atoms with Crippen LogP contribution in [0.25, 0.3) is 0 Å². The van der Waals surface area contributed by atoms with E-state index in [1.807, 2.05) is 0 Å². The van der Waals surface area contributed by atoms with Crippen molar-refractivity contribution < 1.29 is 13.7 Å². The number of hydrogen-bond acceptors (Lipinski definition) is 3. The Morgan fingerprint density at radius 2 is 1.67 bits per heavy atom. The molecule has 0 saturated heterocycles. The summed E-state index contributed by atoms with van der Waals surface area (Å²) in [6.45, 7) is -0.0797. The molecule has 0 saturated carbocycles. The molecule has 0 amide bonds. The van der Waals surface area contributed by atoms with Crippen molar-refractivity contribution in [3.63, 3.8) is 0 Å². The highest BCUT2D eigenvalue weighted by Crippen LogP contribution is 2.25. The number of benzene rings is 2. The molecule has 0 aliphatic rings. The molecule has 8 heteroatoms. The summed E-state index contributed by atoms with van der Waals surface area (Å²) in [5, 5.41) is 14.2. The van der Waals surface area contributed by atoms with E-state index < -0.39 is 22.2 Å². The van der Waals surface area contributed by atoms with E-state index in [1.54, 1.807) is 12.1 Å². The zero-order chi connectivity index (χ0) is 15.6. The van der Waals surface area contributed by atoms with E-state index in [9.17, 15) is 18.9 Å². The highest BCUT2D eigenvalue weighted by atomic mass is 35.5. The standard InChI is InChI=1S/C13H8Cl2F2N2O2/c14-8-2-9(15)4-10(3-8)18-6-7-1-13(19(20)21)12(17)5-11(7)16/h1-5,18H,6H2. The lowest BCUT2D eigenvalue weighted by Gasteiger charge is -2.09. The van der Waals surface area contributed by atoms with Gasteiger partial charge in [0.1, 0.15) is 5.82 Å². The first kappa shape index (κ1) is 15.5. The van der Waals surface area contributed by atoms with E-state index in [4.69, 9.17) is 23.2 Å². The fourth-order valence-electron chi connectivity index (χ4n) is 1.71. The van der Waals surface area contributed by atoms with Crippen LogP contribution in [0.4, 0.5) is 20.2 Å². The Balaban J connectivity index is 2.23. The molecule has 0 unspecified atom stereocenters. The predicted octanol–water partition coefficient (Wildman–Crippen LogP) is 4.79. The first-order valence-corrected chi connectivity index (χ1v) is 6.44. The Morgan fingerprint density at radius 1 is 1.05 bits per heavy atom. The summed E-state index contributed by atoms with van der Waals surface area (Å²) in [4.78, 5) is 9.73. The Kier molecular flexibility index (Phi) is 4.59. The van der Waals surface area contributed by atoms with Crippen LogP contribution in [0, 0.1) is 21.7 Å². The molecule has 21 heavy (non-hydrogen) atoms. The van der Waals surface area contributed by atoms with E-state index in [2.05, 4.69) is 5.32 Å². The van der Waals surface area contributed by atoms with Crippen molar-refractivity contribution in [2.75, 3.05) is 5.32 Å². The number of halogens is 4. The molecule has 2 aromatic carbocycles. The molecule has 0 fully saturated rings. The van der Waals surface area contributed by atoms with Crippen molar-refractivity contribution in [3.8, 4) is 0 Å². The highest BCUT2D eigenvalue weighted by Gasteiger charge is 2.18. The SMILES string of the molecule is O=[N+]([O-])c1cc(CNc2cc(Cl)cc(Cl)c2)c(F)cc1F. The molecule has 0 radical (unpaired) electrons. The van der Waals surface area contributed by atoms with Crippen LogP contribution in [0.15, 0.2) is 30.3 Å². The van der Waals surface area contributed by atoms with Crippen molar-refractivity contribution in [2.45, 2.75) is 6.54 Å². The van der Waals surface area contributed by atoms with Crippen LogP contribution in [-0.4, -0.2) is 4.92 Å². The molecule has 0 atom stereocenters. The van der Waals surface area contributed by atoms with Crippen LogP contribution in [0.3, 0.4) is 0 Å². The van der Waals surface area contributed by atoms with Crippen molar-refractivity contribution in [2.24, 2.45) is 0 Å². The minimum absolute atomic E-state index is 0.0424. The minimum Gasteiger partial charge on any atom is -0.381 e. The quantitative estimate of drug-likeness (QED) is 0.646. The summed E-state index contributed by atoms with van der Waals surface area (Å²) in [7, 11) is 0. The molecule has 110 valence electrons. The normalized spacial score (nSPS) is 10.5. The molecule has 0 aliphatic carbocycles. The molecule has 4 nitrogen and oxygen atoms in total. The van der Waals surface area contributed by atoms with Gasteiger partial charge in [-0.2, -0.15) is 4.39 Å². The van der Waals surface area contributed by atoms with Crippen LogP contribution in [0.2, 0.25) is 10.0 Å². The van der Waals surface area contributed by atoms with Gasteiger partial charge < -0.3 is 5.32 Å². The summed E-state index contributed by atoms with van der Waals surface area (Å²) in [6.07, 6.45) is 0. The molecule has 2 aromatic rings. The number of nitrogens with zero attached hydrogens (tertiary/aromatic N) is 1. The first-order chi connectivity index (χ1) is 9.86. The third-order valence-corrected chi connectivity index (χ3v) is 3.09. The zero-order valence-electron chi connectivity index (χ0n) is 10.4. The maximum atomic E-state index is 13.6. The van der Waals surface area contributed by atoms with Crippen molar-refractivity contribution in [1.29, 1.82) is 0 Å². The molecule has 2 rings (SSSR count). The van der Waals surface area contributed by atoms with Gasteiger partial charge in [-0.05, 0) is 18.2 Å². The highest BCUT2D eigenvalue weighted by molar-refractivity contribution is 6.35. The second-order valence-electron chi connectivity index (χ2n) is 4.16. The maximum absolute atomic E-state index is 13.6. The van der Waals surface area contributed by atoms with Gasteiger partial charge in [0.15, 0.2) is 0 Å². The number of anilines is 1. The Morgan fingerprint density at radius 3 is 2.24 bits per heavy atom. The van der Waals surface area contributed by atoms with Crippen LogP contribution in [-0.2, 0) is 6.54 Å². The van der Waals surface area contributed by atoms with Crippen LogP contribution < -0.4 is 5.32 Å². The fourth-order valence-corrected chi connectivity index (χ4v) is 2.24. The average Bonchev–Trinajstić information content (AvgIpc) is 2.36. The zero-order valence-corrected chi connectivity index (χ0v) is 11.9. The van der Waals surface area contributed by atoms with Gasteiger partial charge in [-0.1, -0.05) is 23.2 Å². The summed E-state index contributed by atoms with van der Waals surface area (Å²) >= 11 is 11.6. The summed E-state index contributed by atoms with van der Waals surface area (Å²) < 4.78 is 26.8. The minimum atomic E-state index is -1.22. The molecule has 0 aliphatic heterocycles. The van der Waals surface area contributed by atoms with Gasteiger partial charge in [-0.15, -0.1) is 0 Å². The van der Waals surface area contributed by atoms with Gasteiger partial charge in [-0.25, -0.2) is 4.39 Å². The Hall–Kier alpha value is -1.92. The largest absolute Gasteiger partial charge is 0.381 e. The van der Waals surface area contributed by atoms with Gasteiger partial charge in [0.05, 0.1) is 4.92 Å². The smallest absolute Gasteiger partial charge is 0.305 e. The van der Waals surface area contributed by atoms with Gasteiger partial charge >= 0.3 is 5.69 Å². The monoisotopic (exact) mass is 332 g/mol. The summed E-state index contributed by atoms with van der Waals surface area (Å²) in [5.41, 5.74) is -0.310. The lowest BCUT2D eigenvalue weighted by molar-refractivity contribution is -0.387. The van der Waals surface area contributed by atoms with Crippen LogP contribution >= 0.6 is 23.2 Å². The fraction of sp³-hybridized carbons (Fsp3) is 0.0769. The Labute approximate surface area is 128 Å². The molecule has 0 heterocycles. The first-order valence-electron chi connectivity index (χ1n) is 5.69. The lowest BCUT2D eigenvalue weighted by Crippen LogP contribution is -2.04. The van der Waals surface area contributed by atoms with Gasteiger partial charge in [0, 0.05) is 40.0 Å². The number of rotatable bonds is 4. The van der Waals surface area contributed by atoms with E-state index in [0.717, 1.165) is 6.07 Å². The summed E-state index contributed by atoms with van der Waals surface area (Å²) in [5.74, 6) is -2.09. The summed E-state index contributed by atoms with van der Waals surface area (Å²) in [6, 6.07) is 5.98. The van der Waals surface area contributed by atoms with Gasteiger partial charge in [0.25, 0.3) is 0 Å². The Bertz CT molecular complexity index is 691. The topological polar surface area (TPSA) is 55.2 Å². The maximum Gasteiger partial charge on any atom is 0.305 e. The lowest BCUT2D eigenvalue weighted by atomic mass is 10.1. The van der Waals surface area contributed by atoms with Crippen molar-refractivity contribution >= 4 is 34.6 Å². The van der Waals surface area contributed by atoms with Crippen molar-refractivity contribution in [1.82, 2.24) is 0 Å². The molecular formula is C13H8Cl2F2N2O2. The van der Waals surface area contributed by atoms with Crippen LogP contribution in [0.5, 0.6) is 0 Å². The number of nitro groups is 1. The second kappa shape index (κ2) is 6.24. The molecule has 0 aromatic heterocycles. The number of nitrogens with one attached hydrogen (secondary N) is 1. The third kappa shape index (κ3) is 3.80. The molecule has 1 N–H and O–H groups in total. The van der Waals surface area contributed by atoms with Gasteiger partial charge in [-0.3, -0.25) is 10.1 Å². The van der Waals surface area contributed by atoms with Gasteiger partial charge in [0.2, 0.25) is 5.82 Å². The van der Waals surface area contributed by atoms with E-state index in [1.165, 1.54) is 6.07 Å². The second-order valence-corrected chi connectivity index (χ2v) is 5.04. The van der Waals surface area contributed by atoms with E-state index in [0.29, 0.717) is 21.8 Å². The van der Waals surface area contributed by atoms with E-state index in [-0.39, 0.29) is 12.1 Å². The number of hydrogen-bond donors (Lipinski definition) is 1. The van der Waals surface area contributed by atoms with Crippen LogP contribution in [0.1, 0.15) is 5.56 Å². The molecule has 0 bridgehead atoms. The average molecular weight is 333 g/mol. The number of nitro benzene ring substituents is 1. The van der Waals surface area contributed by atoms with E-state index >= 15 is 0 Å². The molecular weight excluding hydrogens is 325 g/mol. The molecule has 0 spiro atoms. The third-order valence-electron chi connectivity index (χ3n) is 2.66. The predicted molar refractivity (Wildman–Crippen MR) is 76.8 cm³/mol. The van der Waals surface area contributed by atoms with Crippen molar-refractivity contribution in [3.05, 3.63) is 67.7 Å².